The normalized spacial score (nSPS) is 17.6. The Hall–Kier alpha value is -3.79. The second kappa shape index (κ2) is 8.70. The Balaban J connectivity index is 1.59. The molecule has 1 atom stereocenters. The lowest BCUT2D eigenvalue weighted by atomic mass is 9.79. The summed E-state index contributed by atoms with van der Waals surface area (Å²) in [5.41, 5.74) is -1.29. The smallest absolute Gasteiger partial charge is 0.196 e. The van der Waals surface area contributed by atoms with Gasteiger partial charge in [0.25, 0.3) is 0 Å². The van der Waals surface area contributed by atoms with Crippen LogP contribution in [-0.4, -0.2) is 37.6 Å². The SMILES string of the molecule is COc1cc(-c2nnc3n2CCCC3(Oc2ccc(F)c(F)c2)C(C)(C)O)ccc1-c1cnc(C)o1. The molecule has 0 saturated heterocycles. The molecule has 2 aromatic carbocycles. The molecule has 2 aromatic heterocycles. The fourth-order valence-electron chi connectivity index (χ4n) is 4.69. The van der Waals surface area contributed by atoms with Gasteiger partial charge in [-0.2, -0.15) is 0 Å². The first-order valence-electron chi connectivity index (χ1n) is 11.5. The van der Waals surface area contributed by atoms with Crippen molar-refractivity contribution in [2.45, 2.75) is 51.4 Å². The van der Waals surface area contributed by atoms with Crippen molar-refractivity contribution in [3.63, 3.8) is 0 Å². The van der Waals surface area contributed by atoms with Crippen molar-refractivity contribution in [3.8, 4) is 34.2 Å². The maximum atomic E-state index is 13.9. The van der Waals surface area contributed by atoms with E-state index in [9.17, 15) is 13.9 Å². The number of oxazole rings is 1. The molecule has 10 heteroatoms. The zero-order valence-electron chi connectivity index (χ0n) is 20.4. The molecule has 0 amide bonds. The maximum Gasteiger partial charge on any atom is 0.196 e. The summed E-state index contributed by atoms with van der Waals surface area (Å²) in [5, 5.41) is 20.1. The van der Waals surface area contributed by atoms with Crippen LogP contribution in [-0.2, 0) is 12.1 Å². The summed E-state index contributed by atoms with van der Waals surface area (Å²) in [6, 6.07) is 8.86. The molecule has 0 aliphatic carbocycles. The predicted molar refractivity (Wildman–Crippen MR) is 126 cm³/mol. The van der Waals surface area contributed by atoms with E-state index in [0.717, 1.165) is 23.3 Å². The van der Waals surface area contributed by atoms with Gasteiger partial charge in [0.15, 0.2) is 40.5 Å². The molecular formula is C26H26F2N4O4. The minimum Gasteiger partial charge on any atom is -0.496 e. The van der Waals surface area contributed by atoms with E-state index in [2.05, 4.69) is 15.2 Å². The summed E-state index contributed by atoms with van der Waals surface area (Å²) in [4.78, 5) is 4.15. The van der Waals surface area contributed by atoms with Crippen LogP contribution in [0, 0.1) is 18.6 Å². The lowest BCUT2D eigenvalue weighted by Gasteiger charge is -2.44. The summed E-state index contributed by atoms with van der Waals surface area (Å²) in [6.45, 7) is 5.56. The number of nitrogens with zero attached hydrogens (tertiary/aromatic N) is 4. The van der Waals surface area contributed by atoms with Gasteiger partial charge in [-0.1, -0.05) is 6.07 Å². The third-order valence-electron chi connectivity index (χ3n) is 6.54. The number of ether oxygens (including phenoxy) is 2. The van der Waals surface area contributed by atoms with Gasteiger partial charge in [-0.05, 0) is 51.0 Å². The van der Waals surface area contributed by atoms with Crippen LogP contribution < -0.4 is 9.47 Å². The molecule has 188 valence electrons. The summed E-state index contributed by atoms with van der Waals surface area (Å²) < 4.78 is 46.8. The van der Waals surface area contributed by atoms with E-state index < -0.39 is 22.8 Å². The number of aliphatic hydroxyl groups is 1. The lowest BCUT2D eigenvalue weighted by molar-refractivity contribution is -0.137. The third-order valence-corrected chi connectivity index (χ3v) is 6.54. The highest BCUT2D eigenvalue weighted by molar-refractivity contribution is 5.71. The van der Waals surface area contributed by atoms with Crippen LogP contribution >= 0.6 is 0 Å². The van der Waals surface area contributed by atoms with Crippen molar-refractivity contribution >= 4 is 0 Å². The third kappa shape index (κ3) is 3.91. The highest BCUT2D eigenvalue weighted by Crippen LogP contribution is 2.45. The van der Waals surface area contributed by atoms with E-state index in [0.29, 0.717) is 48.4 Å². The van der Waals surface area contributed by atoms with Gasteiger partial charge < -0.3 is 23.6 Å². The van der Waals surface area contributed by atoms with Crippen molar-refractivity contribution in [2.24, 2.45) is 0 Å². The highest BCUT2D eigenvalue weighted by Gasteiger charge is 2.53. The molecular weight excluding hydrogens is 470 g/mol. The standard InChI is InChI=1S/C26H26F2N4O4/c1-15-29-14-22(35-15)18-8-6-16(12-21(18)34-4)23-30-31-24-26(25(2,3)33,10-5-11-32(23)24)36-17-7-9-19(27)20(28)13-17/h6-9,12-14,33H,5,10-11H2,1-4H3. The second-order valence-corrected chi connectivity index (χ2v) is 9.33. The van der Waals surface area contributed by atoms with Crippen LogP contribution in [0.5, 0.6) is 11.5 Å². The van der Waals surface area contributed by atoms with Gasteiger partial charge >= 0.3 is 0 Å². The molecule has 1 aliphatic heterocycles. The molecule has 0 bridgehead atoms. The Bertz CT molecular complexity index is 1430. The van der Waals surface area contributed by atoms with Crippen LogP contribution in [0.1, 0.15) is 38.4 Å². The number of halogens is 2. The molecule has 0 radical (unpaired) electrons. The predicted octanol–water partition coefficient (Wildman–Crippen LogP) is 5.03. The Kier molecular flexibility index (Phi) is 5.78. The van der Waals surface area contributed by atoms with Crippen molar-refractivity contribution in [1.29, 1.82) is 0 Å². The maximum absolute atomic E-state index is 13.9. The molecule has 0 spiro atoms. The Morgan fingerprint density at radius 3 is 2.58 bits per heavy atom. The van der Waals surface area contributed by atoms with E-state index >= 15 is 0 Å². The summed E-state index contributed by atoms with van der Waals surface area (Å²) in [6.07, 6.45) is 2.68. The van der Waals surface area contributed by atoms with Gasteiger partial charge in [-0.15, -0.1) is 10.2 Å². The zero-order chi connectivity index (χ0) is 25.7. The van der Waals surface area contributed by atoms with Crippen molar-refractivity contribution in [3.05, 3.63) is 65.9 Å². The van der Waals surface area contributed by atoms with Gasteiger partial charge in [-0.3, -0.25) is 0 Å². The summed E-state index contributed by atoms with van der Waals surface area (Å²) in [5.74, 6) is 0.732. The van der Waals surface area contributed by atoms with Gasteiger partial charge in [0.2, 0.25) is 0 Å². The van der Waals surface area contributed by atoms with E-state index in [1.54, 1.807) is 34.1 Å². The molecule has 0 saturated carbocycles. The first-order chi connectivity index (χ1) is 17.1. The van der Waals surface area contributed by atoms with Gasteiger partial charge in [-0.25, -0.2) is 13.8 Å². The average Bonchev–Trinajstić information content (AvgIpc) is 3.47. The number of aromatic nitrogens is 4. The number of hydrogen-bond acceptors (Lipinski definition) is 7. The number of rotatable bonds is 6. The topological polar surface area (TPSA) is 95.4 Å². The Morgan fingerprint density at radius 1 is 1.11 bits per heavy atom. The van der Waals surface area contributed by atoms with Crippen molar-refractivity contribution in [1.82, 2.24) is 19.7 Å². The molecule has 8 nitrogen and oxygen atoms in total. The zero-order valence-corrected chi connectivity index (χ0v) is 20.4. The lowest BCUT2D eigenvalue weighted by Crippen LogP contribution is -2.55. The fraction of sp³-hybridized carbons (Fsp3) is 0.346. The van der Waals surface area contributed by atoms with Crippen LogP contribution in [0.2, 0.25) is 0 Å². The summed E-state index contributed by atoms with van der Waals surface area (Å²) >= 11 is 0. The van der Waals surface area contributed by atoms with E-state index in [4.69, 9.17) is 13.9 Å². The number of fused-ring (bicyclic) bond motifs is 1. The Morgan fingerprint density at radius 2 is 1.92 bits per heavy atom. The molecule has 36 heavy (non-hydrogen) atoms. The van der Waals surface area contributed by atoms with E-state index in [-0.39, 0.29) is 5.75 Å². The van der Waals surface area contributed by atoms with Crippen molar-refractivity contribution < 1.29 is 27.8 Å². The number of hydrogen-bond donors (Lipinski definition) is 1. The quantitative estimate of drug-likeness (QED) is 0.400. The Labute approximate surface area is 206 Å². The minimum absolute atomic E-state index is 0.0856. The molecule has 1 N–H and O–H groups in total. The average molecular weight is 497 g/mol. The largest absolute Gasteiger partial charge is 0.496 e. The van der Waals surface area contributed by atoms with E-state index in [1.807, 2.05) is 22.8 Å². The minimum atomic E-state index is -1.42. The van der Waals surface area contributed by atoms with Crippen LogP contribution in [0.3, 0.4) is 0 Å². The fourth-order valence-corrected chi connectivity index (χ4v) is 4.69. The number of aryl methyl sites for hydroxylation is 1. The van der Waals surface area contributed by atoms with Crippen LogP contribution in [0.25, 0.3) is 22.7 Å². The summed E-state index contributed by atoms with van der Waals surface area (Å²) in [7, 11) is 1.57. The first kappa shape index (κ1) is 23.9. The van der Waals surface area contributed by atoms with E-state index in [1.165, 1.54) is 6.07 Å². The molecule has 3 heterocycles. The second-order valence-electron chi connectivity index (χ2n) is 9.33. The number of benzene rings is 2. The van der Waals surface area contributed by atoms with Gasteiger partial charge in [0.1, 0.15) is 17.1 Å². The molecule has 4 aromatic rings. The monoisotopic (exact) mass is 496 g/mol. The van der Waals surface area contributed by atoms with Crippen LogP contribution in [0.4, 0.5) is 8.78 Å². The molecule has 5 rings (SSSR count). The van der Waals surface area contributed by atoms with Crippen LogP contribution in [0.15, 0.2) is 47.0 Å². The highest BCUT2D eigenvalue weighted by atomic mass is 19.2. The number of methoxy groups -OCH3 is 1. The van der Waals surface area contributed by atoms with Gasteiger partial charge in [0.05, 0.1) is 18.9 Å². The molecule has 0 fully saturated rings. The van der Waals surface area contributed by atoms with Crippen molar-refractivity contribution in [2.75, 3.05) is 7.11 Å². The molecule has 1 unspecified atom stereocenters. The first-order valence-corrected chi connectivity index (χ1v) is 11.5. The molecule has 1 aliphatic rings. The van der Waals surface area contributed by atoms with Gasteiger partial charge in [0, 0.05) is 25.1 Å².